The molecule has 0 unspecified atom stereocenters. The van der Waals surface area contributed by atoms with Gasteiger partial charge in [-0.2, -0.15) is 9.78 Å². The van der Waals surface area contributed by atoms with Gasteiger partial charge in [-0.25, -0.2) is 9.59 Å². The summed E-state index contributed by atoms with van der Waals surface area (Å²) in [5.41, 5.74) is 4.00. The van der Waals surface area contributed by atoms with Crippen molar-refractivity contribution in [2.45, 2.75) is 65.5 Å². The van der Waals surface area contributed by atoms with Crippen molar-refractivity contribution in [3.63, 3.8) is 0 Å². The molecule has 46 heavy (non-hydrogen) atoms. The van der Waals surface area contributed by atoms with Crippen molar-refractivity contribution in [1.29, 1.82) is 0 Å². The number of ether oxygens (including phenoxy) is 2. The quantitative estimate of drug-likeness (QED) is 0.144. The van der Waals surface area contributed by atoms with Gasteiger partial charge in [-0.1, -0.05) is 42.5 Å². The number of hydrogen-bond acceptors (Lipinski definition) is 7. The first-order valence-corrected chi connectivity index (χ1v) is 15.9. The zero-order valence-corrected chi connectivity index (χ0v) is 27.1. The van der Waals surface area contributed by atoms with Crippen LogP contribution in [0.1, 0.15) is 63.8 Å². The van der Waals surface area contributed by atoms with Crippen LogP contribution in [0.5, 0.6) is 0 Å². The maximum Gasteiger partial charge on any atom is 0.435 e. The molecule has 3 aromatic carbocycles. The van der Waals surface area contributed by atoms with Crippen LogP contribution >= 0.6 is 0 Å². The van der Waals surface area contributed by atoms with Crippen molar-refractivity contribution in [2.24, 2.45) is 0 Å². The number of fused-ring (bicyclic) bond motifs is 1. The van der Waals surface area contributed by atoms with Gasteiger partial charge < -0.3 is 19.3 Å². The van der Waals surface area contributed by atoms with E-state index in [4.69, 9.17) is 9.47 Å². The summed E-state index contributed by atoms with van der Waals surface area (Å²) in [5.74, 6) is -0.584. The number of amides is 1. The van der Waals surface area contributed by atoms with E-state index in [-0.39, 0.29) is 18.9 Å². The van der Waals surface area contributed by atoms with E-state index in [2.05, 4.69) is 28.2 Å². The Morgan fingerprint density at radius 1 is 0.935 bits per heavy atom. The average Bonchev–Trinajstić information content (AvgIpc) is 3.41. The van der Waals surface area contributed by atoms with E-state index in [0.717, 1.165) is 29.9 Å². The van der Waals surface area contributed by atoms with E-state index in [1.165, 1.54) is 41.8 Å². The minimum absolute atomic E-state index is 0.0675. The fourth-order valence-corrected chi connectivity index (χ4v) is 5.66. The van der Waals surface area contributed by atoms with Crippen LogP contribution in [-0.4, -0.2) is 53.0 Å². The van der Waals surface area contributed by atoms with E-state index < -0.39 is 17.7 Å². The van der Waals surface area contributed by atoms with Crippen molar-refractivity contribution in [3.05, 3.63) is 95.7 Å². The van der Waals surface area contributed by atoms with Crippen LogP contribution in [0.2, 0.25) is 0 Å². The smallest absolute Gasteiger partial charge is 0.435 e. The number of carbonyl (C=O) groups excluding carboxylic acids is 3. The highest BCUT2D eigenvalue weighted by Gasteiger charge is 2.24. The van der Waals surface area contributed by atoms with E-state index in [1.54, 1.807) is 33.8 Å². The molecule has 1 aliphatic heterocycles. The Morgan fingerprint density at radius 2 is 1.65 bits per heavy atom. The Balaban J connectivity index is 1.47. The lowest BCUT2D eigenvalue weighted by molar-refractivity contribution is -0.137. The van der Waals surface area contributed by atoms with E-state index in [0.29, 0.717) is 23.1 Å². The van der Waals surface area contributed by atoms with Gasteiger partial charge in [-0.05, 0) is 94.5 Å². The first-order valence-electron chi connectivity index (χ1n) is 15.9. The van der Waals surface area contributed by atoms with Crippen LogP contribution < -0.4 is 9.80 Å². The molecule has 0 atom stereocenters. The Kier molecular flexibility index (Phi) is 10.2. The van der Waals surface area contributed by atoms with Crippen LogP contribution in [-0.2, 0) is 32.0 Å². The molecule has 4 aromatic rings. The molecule has 1 fully saturated rings. The van der Waals surface area contributed by atoms with Crippen LogP contribution in [0.15, 0.2) is 78.9 Å². The normalized spacial score (nSPS) is 13.6. The van der Waals surface area contributed by atoms with Gasteiger partial charge in [0.1, 0.15) is 5.60 Å². The molecule has 0 bridgehead atoms. The number of anilines is 2. The molecular weight excluding hydrogens is 580 g/mol. The van der Waals surface area contributed by atoms with Crippen molar-refractivity contribution >= 4 is 46.3 Å². The second kappa shape index (κ2) is 14.5. The van der Waals surface area contributed by atoms with Crippen molar-refractivity contribution in [1.82, 2.24) is 9.78 Å². The third-order valence-corrected chi connectivity index (χ3v) is 7.74. The molecule has 1 amide bonds. The average molecular weight is 623 g/mol. The Labute approximate surface area is 270 Å². The molecule has 0 spiro atoms. The fraction of sp³-hybridized carbons (Fsp3) is 0.351. The highest BCUT2D eigenvalue weighted by Crippen LogP contribution is 2.29. The molecule has 0 saturated carbocycles. The number of rotatable bonds is 9. The zero-order valence-electron chi connectivity index (χ0n) is 27.1. The topological polar surface area (TPSA) is 94.0 Å². The van der Waals surface area contributed by atoms with Crippen LogP contribution in [0.4, 0.5) is 16.2 Å². The zero-order chi connectivity index (χ0) is 32.7. The second-order valence-corrected chi connectivity index (χ2v) is 12.4. The lowest BCUT2D eigenvalue weighted by Gasteiger charge is -2.32. The van der Waals surface area contributed by atoms with Gasteiger partial charge >= 0.3 is 12.1 Å². The van der Waals surface area contributed by atoms with Gasteiger partial charge in [0.15, 0.2) is 0 Å². The van der Waals surface area contributed by atoms with Crippen LogP contribution in [0.3, 0.4) is 0 Å². The summed E-state index contributed by atoms with van der Waals surface area (Å²) in [5, 5.41) is 5.08. The number of esters is 1. The molecule has 1 saturated heterocycles. The minimum atomic E-state index is -0.726. The molecule has 9 nitrogen and oxygen atoms in total. The monoisotopic (exact) mass is 622 g/mol. The fourth-order valence-electron chi connectivity index (χ4n) is 5.66. The number of carbonyl (C=O) groups is 3. The number of nitrogens with zero attached hydrogens (tertiary/aromatic N) is 4. The minimum Gasteiger partial charge on any atom is -0.463 e. The SMILES string of the molecule is CCOC(=O)C=Cc1nn(C(=O)OC(C)(C)C)c2ccc(CC(=O)N(Cc3ccccc3N3CCCCC3)c3ccccc3)cc12. The molecule has 5 rings (SSSR count). The summed E-state index contributed by atoms with van der Waals surface area (Å²) in [6, 6.07) is 23.5. The van der Waals surface area contributed by atoms with Gasteiger partial charge in [0.05, 0.1) is 30.8 Å². The standard InChI is InChI=1S/C37H42N4O5/c1-5-45-35(43)21-19-31-30-24-27(18-20-33(30)41(38-31)36(44)46-37(2,3)4)25-34(42)40(29-15-8-6-9-16-29)26-28-14-10-11-17-32(28)39-22-12-7-13-23-39/h6,8-11,14-21,24H,5,7,12-13,22-23,25-26H2,1-4H3. The first-order chi connectivity index (χ1) is 22.1. The van der Waals surface area contributed by atoms with Crippen LogP contribution in [0.25, 0.3) is 17.0 Å². The highest BCUT2D eigenvalue weighted by atomic mass is 16.6. The summed E-state index contributed by atoms with van der Waals surface area (Å²) < 4.78 is 11.8. The van der Waals surface area contributed by atoms with Gasteiger partial charge in [-0.3, -0.25) is 4.79 Å². The Hall–Kier alpha value is -4.92. The predicted octanol–water partition coefficient (Wildman–Crippen LogP) is 7.16. The van der Waals surface area contributed by atoms with E-state index in [1.807, 2.05) is 53.4 Å². The predicted molar refractivity (Wildman–Crippen MR) is 181 cm³/mol. The van der Waals surface area contributed by atoms with Crippen molar-refractivity contribution in [2.75, 3.05) is 29.5 Å². The molecule has 1 aliphatic rings. The summed E-state index contributed by atoms with van der Waals surface area (Å²) in [4.78, 5) is 43.5. The lowest BCUT2D eigenvalue weighted by atomic mass is 10.0. The molecular formula is C37H42N4O5. The molecule has 0 aliphatic carbocycles. The Morgan fingerprint density at radius 3 is 2.37 bits per heavy atom. The third kappa shape index (κ3) is 8.02. The molecule has 2 heterocycles. The van der Waals surface area contributed by atoms with E-state index >= 15 is 0 Å². The maximum absolute atomic E-state index is 14.1. The first kappa shape index (κ1) is 32.5. The number of aromatic nitrogens is 2. The van der Waals surface area contributed by atoms with Crippen molar-refractivity contribution in [3.8, 4) is 0 Å². The van der Waals surface area contributed by atoms with Gasteiger partial charge in [0.2, 0.25) is 5.91 Å². The molecule has 9 heteroatoms. The lowest BCUT2D eigenvalue weighted by Crippen LogP contribution is -2.34. The van der Waals surface area contributed by atoms with E-state index in [9.17, 15) is 14.4 Å². The maximum atomic E-state index is 14.1. The number of piperidine rings is 1. The second-order valence-electron chi connectivity index (χ2n) is 12.4. The molecule has 1 aromatic heterocycles. The summed E-state index contributed by atoms with van der Waals surface area (Å²) in [7, 11) is 0. The van der Waals surface area contributed by atoms with Gasteiger partial charge in [0, 0.05) is 35.9 Å². The molecule has 0 N–H and O–H groups in total. The van der Waals surface area contributed by atoms with Gasteiger partial charge in [0.25, 0.3) is 0 Å². The van der Waals surface area contributed by atoms with Crippen molar-refractivity contribution < 1.29 is 23.9 Å². The summed E-state index contributed by atoms with van der Waals surface area (Å²) in [6.45, 7) is 9.78. The number of hydrogen-bond donors (Lipinski definition) is 0. The molecule has 0 radical (unpaired) electrons. The van der Waals surface area contributed by atoms with Crippen LogP contribution in [0, 0.1) is 0 Å². The Bertz CT molecular complexity index is 1710. The van der Waals surface area contributed by atoms with Gasteiger partial charge in [-0.15, -0.1) is 0 Å². The number of benzene rings is 3. The number of para-hydroxylation sites is 2. The summed E-state index contributed by atoms with van der Waals surface area (Å²) >= 11 is 0. The summed E-state index contributed by atoms with van der Waals surface area (Å²) in [6.07, 6.45) is 5.85. The highest BCUT2D eigenvalue weighted by molar-refractivity contribution is 5.98. The molecule has 240 valence electrons. The largest absolute Gasteiger partial charge is 0.463 e. The third-order valence-electron chi connectivity index (χ3n) is 7.74.